The third-order valence-corrected chi connectivity index (χ3v) is 4.38. The van der Waals surface area contributed by atoms with Gasteiger partial charge in [0, 0.05) is 13.1 Å². The second-order valence-electron chi connectivity index (χ2n) is 8.07. The highest BCUT2D eigenvalue weighted by atomic mass is 35.5. The lowest BCUT2D eigenvalue weighted by Gasteiger charge is -2.27. The fourth-order valence-electron chi connectivity index (χ4n) is 3.23. The molecule has 1 aliphatic carbocycles. The Bertz CT molecular complexity index is 791. The molecule has 0 unspecified atom stereocenters. The number of fused-ring (bicyclic) bond motifs is 1. The number of hydrogen-bond acceptors (Lipinski definition) is 5. The van der Waals surface area contributed by atoms with Crippen LogP contribution in [0.5, 0.6) is 5.75 Å². The van der Waals surface area contributed by atoms with Gasteiger partial charge in [0.15, 0.2) is 11.5 Å². The number of Topliss-reactive ketones (excluding diaryl/α,β-unsaturated/α-hetero) is 1. The van der Waals surface area contributed by atoms with E-state index < -0.39 is 0 Å². The molecule has 7 heteroatoms. The van der Waals surface area contributed by atoms with Crippen LogP contribution < -0.4 is 16.0 Å². The molecule has 0 saturated carbocycles. The number of hydrogen-bond donors (Lipinski definition) is 1. The van der Waals surface area contributed by atoms with Crippen LogP contribution in [0.1, 0.15) is 75.5 Å². The first-order valence-electron chi connectivity index (χ1n) is 9.72. The zero-order chi connectivity index (χ0) is 20.2. The third kappa shape index (κ3) is 5.39. The summed E-state index contributed by atoms with van der Waals surface area (Å²) in [5, 5.41) is 0. The number of carbonyl (C=O) groups is 1. The molecule has 2 N–H and O–H groups in total. The number of unbranched alkanes of at least 4 members (excludes halogenated alkanes) is 1. The highest BCUT2D eigenvalue weighted by molar-refractivity contribution is 6.05. The summed E-state index contributed by atoms with van der Waals surface area (Å²) in [6.07, 6.45) is 3.67. The van der Waals surface area contributed by atoms with Crippen molar-refractivity contribution in [1.82, 2.24) is 4.57 Å². The summed E-state index contributed by atoms with van der Waals surface area (Å²) in [6.45, 7) is 11.7. The molecule has 0 aromatic carbocycles. The molecule has 0 fully saturated rings. The van der Waals surface area contributed by atoms with Gasteiger partial charge in [-0.1, -0.05) is 34.1 Å². The van der Waals surface area contributed by atoms with Crippen molar-refractivity contribution >= 4 is 24.3 Å². The van der Waals surface area contributed by atoms with Gasteiger partial charge in [-0.2, -0.15) is 0 Å². The van der Waals surface area contributed by atoms with Gasteiger partial charge in [-0.05, 0) is 24.8 Å². The molecule has 1 aliphatic rings. The quantitative estimate of drug-likeness (QED) is 0.654. The summed E-state index contributed by atoms with van der Waals surface area (Å²) in [6, 6.07) is 0. The molecule has 0 radical (unpaired) electrons. The van der Waals surface area contributed by atoms with E-state index in [9.17, 15) is 9.59 Å². The van der Waals surface area contributed by atoms with E-state index in [1.54, 1.807) is 10.6 Å². The average molecular weight is 413 g/mol. The minimum Gasteiger partial charge on any atom is -0.498 e. The number of aromatic nitrogens is 1. The van der Waals surface area contributed by atoms with Crippen molar-refractivity contribution < 1.29 is 14.3 Å². The van der Waals surface area contributed by atoms with Crippen molar-refractivity contribution in [2.24, 2.45) is 11.1 Å². The highest BCUT2D eigenvalue weighted by Crippen LogP contribution is 2.33. The van der Waals surface area contributed by atoms with Crippen molar-refractivity contribution in [3.63, 3.8) is 0 Å². The van der Waals surface area contributed by atoms with Gasteiger partial charge in [0.05, 0.1) is 36.5 Å². The normalized spacial score (nSPS) is 13.5. The Hall–Kier alpha value is -1.79. The number of rotatable bonds is 8. The number of ketones is 1. The fraction of sp³-hybridized carbons (Fsp3) is 0.619. The Balaban J connectivity index is 0.00000392. The molecule has 1 heterocycles. The minimum atomic E-state index is -0.214. The van der Waals surface area contributed by atoms with Crippen LogP contribution in [0.15, 0.2) is 10.6 Å². The number of nitrogens with two attached hydrogens (primary N) is 1. The summed E-state index contributed by atoms with van der Waals surface area (Å²) < 4.78 is 13.2. The largest absolute Gasteiger partial charge is 0.498 e. The molecule has 1 aromatic rings. The van der Waals surface area contributed by atoms with E-state index in [0.717, 1.165) is 12.8 Å². The van der Waals surface area contributed by atoms with Crippen LogP contribution in [-0.4, -0.2) is 23.6 Å². The standard InChI is InChI=1S/C21H32N2O4.ClH/c1-6-8-9-27-19-16(12-22)23(13-21(3,4)5)20(25)15-10-14(26-7-2)11-17(24)18(15)19;/h10H,6-9,11-13,22H2,1-5H3;1H. The molecule has 2 rings (SSSR count). The van der Waals surface area contributed by atoms with Crippen LogP contribution in [0.4, 0.5) is 0 Å². The molecular weight excluding hydrogens is 380 g/mol. The average Bonchev–Trinajstić information content (AvgIpc) is 2.58. The first-order chi connectivity index (χ1) is 12.7. The molecule has 1 aromatic heterocycles. The van der Waals surface area contributed by atoms with E-state index in [2.05, 4.69) is 27.7 Å². The molecule has 0 bridgehead atoms. The van der Waals surface area contributed by atoms with Gasteiger partial charge < -0.3 is 19.8 Å². The van der Waals surface area contributed by atoms with Gasteiger partial charge in [0.25, 0.3) is 5.56 Å². The monoisotopic (exact) mass is 412 g/mol. The molecule has 158 valence electrons. The van der Waals surface area contributed by atoms with E-state index in [1.807, 2.05) is 6.92 Å². The van der Waals surface area contributed by atoms with E-state index in [0.29, 0.717) is 48.1 Å². The number of nitrogens with zero attached hydrogens (tertiary/aromatic N) is 1. The minimum absolute atomic E-state index is 0. The molecule has 28 heavy (non-hydrogen) atoms. The lowest BCUT2D eigenvalue weighted by atomic mass is 9.92. The molecule has 0 saturated heterocycles. The van der Waals surface area contributed by atoms with Gasteiger partial charge >= 0.3 is 0 Å². The molecule has 0 spiro atoms. The van der Waals surface area contributed by atoms with Crippen molar-refractivity contribution in [3.8, 4) is 5.75 Å². The third-order valence-electron chi connectivity index (χ3n) is 4.38. The molecule has 0 amide bonds. The molecule has 0 atom stereocenters. The predicted molar refractivity (Wildman–Crippen MR) is 114 cm³/mol. The molecular formula is C21H33ClN2O4. The van der Waals surface area contributed by atoms with E-state index in [1.165, 1.54) is 0 Å². The maximum atomic E-state index is 13.2. The predicted octanol–water partition coefficient (Wildman–Crippen LogP) is 3.92. The Labute approximate surface area is 173 Å². The van der Waals surface area contributed by atoms with E-state index in [-0.39, 0.29) is 42.1 Å². The smallest absolute Gasteiger partial charge is 0.259 e. The number of allylic oxidation sites excluding steroid dienone is 1. The summed E-state index contributed by atoms with van der Waals surface area (Å²) in [5.41, 5.74) is 6.95. The van der Waals surface area contributed by atoms with Crippen molar-refractivity contribution in [1.29, 1.82) is 0 Å². The Morgan fingerprint density at radius 2 is 1.86 bits per heavy atom. The first kappa shape index (κ1) is 24.2. The molecule has 6 nitrogen and oxygen atoms in total. The second-order valence-corrected chi connectivity index (χ2v) is 8.07. The number of halogens is 1. The lowest BCUT2D eigenvalue weighted by molar-refractivity contribution is 0.0956. The van der Waals surface area contributed by atoms with Crippen LogP contribution >= 0.6 is 12.4 Å². The Morgan fingerprint density at radius 1 is 1.18 bits per heavy atom. The van der Waals surface area contributed by atoms with Crippen LogP contribution in [0, 0.1) is 5.41 Å². The summed E-state index contributed by atoms with van der Waals surface area (Å²) in [5.74, 6) is 0.827. The SMILES string of the molecule is CCCCOc1c2c(c(=O)n(CC(C)(C)C)c1CN)C=C(OCC)CC2=O.Cl. The first-order valence-corrected chi connectivity index (χ1v) is 9.72. The zero-order valence-electron chi connectivity index (χ0n) is 17.6. The summed E-state index contributed by atoms with van der Waals surface area (Å²) in [7, 11) is 0. The Kier molecular flexibility index (Phi) is 8.76. The van der Waals surface area contributed by atoms with Crippen LogP contribution in [0.25, 0.3) is 6.08 Å². The van der Waals surface area contributed by atoms with Gasteiger partial charge in [0.2, 0.25) is 0 Å². The maximum absolute atomic E-state index is 13.2. The molecule has 0 aliphatic heterocycles. The highest BCUT2D eigenvalue weighted by Gasteiger charge is 2.31. The lowest BCUT2D eigenvalue weighted by Crippen LogP contribution is -2.35. The van der Waals surface area contributed by atoms with Crippen molar-refractivity contribution in [2.75, 3.05) is 13.2 Å². The van der Waals surface area contributed by atoms with Crippen molar-refractivity contribution in [2.45, 2.75) is 67.0 Å². The van der Waals surface area contributed by atoms with Crippen LogP contribution in [-0.2, 0) is 17.8 Å². The van der Waals surface area contributed by atoms with Gasteiger partial charge in [-0.25, -0.2) is 0 Å². The number of carbonyl (C=O) groups excluding carboxylic acids is 1. The zero-order valence-corrected chi connectivity index (χ0v) is 18.4. The van der Waals surface area contributed by atoms with Gasteiger partial charge in [-0.3, -0.25) is 9.59 Å². The van der Waals surface area contributed by atoms with Gasteiger partial charge in [-0.15, -0.1) is 12.4 Å². The Morgan fingerprint density at radius 3 is 2.39 bits per heavy atom. The van der Waals surface area contributed by atoms with E-state index >= 15 is 0 Å². The van der Waals surface area contributed by atoms with Crippen LogP contribution in [0.3, 0.4) is 0 Å². The van der Waals surface area contributed by atoms with E-state index in [4.69, 9.17) is 15.2 Å². The second kappa shape index (κ2) is 10.1. The topological polar surface area (TPSA) is 83.6 Å². The fourth-order valence-corrected chi connectivity index (χ4v) is 3.23. The number of ether oxygens (including phenoxy) is 2. The maximum Gasteiger partial charge on any atom is 0.259 e. The van der Waals surface area contributed by atoms with Crippen molar-refractivity contribution in [3.05, 3.63) is 32.9 Å². The summed E-state index contributed by atoms with van der Waals surface area (Å²) in [4.78, 5) is 26.1. The van der Waals surface area contributed by atoms with Gasteiger partial charge in [0.1, 0.15) is 5.76 Å². The summed E-state index contributed by atoms with van der Waals surface area (Å²) >= 11 is 0. The van der Waals surface area contributed by atoms with Crippen LogP contribution in [0.2, 0.25) is 0 Å². The number of pyridine rings is 1.